The molecule has 0 aromatic heterocycles. The predicted octanol–water partition coefficient (Wildman–Crippen LogP) is 2.71. The summed E-state index contributed by atoms with van der Waals surface area (Å²) >= 11 is 0. The van der Waals surface area contributed by atoms with Gasteiger partial charge in [0.15, 0.2) is 0 Å². The third-order valence-corrected chi connectivity index (χ3v) is 5.48. The first-order chi connectivity index (χ1) is 10.2. The molecule has 2 atom stereocenters. The second-order valence-corrected chi connectivity index (χ2v) is 7.62. The maximum Gasteiger partial charge on any atom is 0.141 e. The van der Waals surface area contributed by atoms with E-state index in [1.807, 2.05) is 27.7 Å². The maximum atomic E-state index is 11.4. The largest absolute Gasteiger partial charge is 0.313 e. The average Bonchev–Trinajstić information content (AvgIpc) is 2.45. The second kappa shape index (κ2) is 7.69. The number of carbonyl (C=O) groups excluding carboxylic acids is 2. The first-order valence-corrected chi connectivity index (χ1v) is 8.71. The van der Waals surface area contributed by atoms with Gasteiger partial charge in [-0.2, -0.15) is 0 Å². The fourth-order valence-electron chi connectivity index (χ4n) is 3.57. The van der Waals surface area contributed by atoms with Gasteiger partial charge in [0.1, 0.15) is 11.6 Å². The summed E-state index contributed by atoms with van der Waals surface area (Å²) in [7, 11) is 0. The highest BCUT2D eigenvalue weighted by molar-refractivity contribution is 5.86. The standard InChI is InChI=1S/2C9H17NO/c2*1-4-7-9(2,3)8(11)5-6-10-7/h2*7,10H,4-6H2,1-3H3/t7-;/m0./s1. The minimum atomic E-state index is -0.146. The molecule has 128 valence electrons. The van der Waals surface area contributed by atoms with E-state index in [0.717, 1.165) is 25.9 Å². The molecule has 2 heterocycles. The number of hydrogen-bond acceptors (Lipinski definition) is 4. The van der Waals surface area contributed by atoms with Crippen LogP contribution in [-0.2, 0) is 9.59 Å². The van der Waals surface area contributed by atoms with Gasteiger partial charge >= 0.3 is 0 Å². The zero-order valence-electron chi connectivity index (χ0n) is 15.2. The number of nitrogens with one attached hydrogen (secondary N) is 2. The van der Waals surface area contributed by atoms with Crippen molar-refractivity contribution >= 4 is 11.6 Å². The third-order valence-electron chi connectivity index (χ3n) is 5.48. The topological polar surface area (TPSA) is 58.2 Å². The number of carbonyl (C=O) groups is 2. The molecule has 0 amide bonds. The summed E-state index contributed by atoms with van der Waals surface area (Å²) in [5, 5.41) is 6.74. The van der Waals surface area contributed by atoms with Crippen LogP contribution in [-0.4, -0.2) is 36.7 Å². The predicted molar refractivity (Wildman–Crippen MR) is 91.0 cm³/mol. The Labute approximate surface area is 135 Å². The van der Waals surface area contributed by atoms with Crippen LogP contribution in [0.2, 0.25) is 0 Å². The van der Waals surface area contributed by atoms with Gasteiger partial charge in [0.05, 0.1) is 0 Å². The number of ketones is 2. The summed E-state index contributed by atoms with van der Waals surface area (Å²) in [4.78, 5) is 22.9. The monoisotopic (exact) mass is 310 g/mol. The Morgan fingerprint density at radius 1 is 0.818 bits per heavy atom. The summed E-state index contributed by atoms with van der Waals surface area (Å²) in [5.41, 5.74) is -0.292. The van der Waals surface area contributed by atoms with Crippen molar-refractivity contribution in [2.45, 2.75) is 79.3 Å². The molecule has 2 rings (SSSR count). The van der Waals surface area contributed by atoms with Crippen LogP contribution in [0.4, 0.5) is 0 Å². The lowest BCUT2D eigenvalue weighted by atomic mass is 9.75. The van der Waals surface area contributed by atoms with Gasteiger partial charge in [0.2, 0.25) is 0 Å². The van der Waals surface area contributed by atoms with E-state index in [1.165, 1.54) is 0 Å². The van der Waals surface area contributed by atoms with Crippen LogP contribution < -0.4 is 10.6 Å². The molecule has 0 radical (unpaired) electrons. The molecule has 2 N–H and O–H groups in total. The van der Waals surface area contributed by atoms with Crippen molar-refractivity contribution in [2.24, 2.45) is 10.8 Å². The fourth-order valence-corrected chi connectivity index (χ4v) is 3.57. The number of piperidine rings is 2. The van der Waals surface area contributed by atoms with E-state index in [9.17, 15) is 9.59 Å². The molecule has 4 nitrogen and oxygen atoms in total. The van der Waals surface area contributed by atoms with E-state index < -0.39 is 0 Å². The molecule has 0 spiro atoms. The smallest absolute Gasteiger partial charge is 0.141 e. The molecule has 0 saturated carbocycles. The molecular weight excluding hydrogens is 276 g/mol. The normalized spacial score (nSPS) is 30.5. The van der Waals surface area contributed by atoms with Crippen LogP contribution in [0, 0.1) is 10.8 Å². The minimum absolute atomic E-state index is 0.146. The molecular formula is C18H34N2O2. The maximum absolute atomic E-state index is 11.4. The molecule has 2 saturated heterocycles. The summed E-state index contributed by atoms with van der Waals surface area (Å²) in [6.07, 6.45) is 3.48. The van der Waals surface area contributed by atoms with Crippen LogP contribution in [0.5, 0.6) is 0 Å². The molecule has 0 aliphatic carbocycles. The van der Waals surface area contributed by atoms with Gasteiger partial charge in [0.25, 0.3) is 0 Å². The lowest BCUT2D eigenvalue weighted by Crippen LogP contribution is -2.51. The summed E-state index contributed by atoms with van der Waals surface area (Å²) < 4.78 is 0. The van der Waals surface area contributed by atoms with Crippen LogP contribution in [0.1, 0.15) is 67.2 Å². The van der Waals surface area contributed by atoms with E-state index in [0.29, 0.717) is 36.5 Å². The van der Waals surface area contributed by atoms with Crippen molar-refractivity contribution in [3.05, 3.63) is 0 Å². The van der Waals surface area contributed by atoms with Gasteiger partial charge in [-0.15, -0.1) is 0 Å². The average molecular weight is 310 g/mol. The first kappa shape index (κ1) is 19.3. The summed E-state index contributed by atoms with van der Waals surface area (Å²) in [6.45, 7) is 14.1. The van der Waals surface area contributed by atoms with E-state index in [-0.39, 0.29) is 10.8 Å². The number of hydrogen-bond donors (Lipinski definition) is 2. The molecule has 2 fully saturated rings. The zero-order valence-corrected chi connectivity index (χ0v) is 15.2. The van der Waals surface area contributed by atoms with Crippen molar-refractivity contribution in [1.82, 2.24) is 10.6 Å². The van der Waals surface area contributed by atoms with Gasteiger partial charge in [-0.25, -0.2) is 0 Å². The van der Waals surface area contributed by atoms with Gasteiger partial charge in [-0.3, -0.25) is 9.59 Å². The van der Waals surface area contributed by atoms with Crippen molar-refractivity contribution in [1.29, 1.82) is 0 Å². The Hall–Kier alpha value is -0.740. The van der Waals surface area contributed by atoms with Gasteiger partial charge in [-0.05, 0) is 12.8 Å². The molecule has 4 heteroatoms. The van der Waals surface area contributed by atoms with Crippen molar-refractivity contribution in [2.75, 3.05) is 13.1 Å². The highest BCUT2D eigenvalue weighted by Gasteiger charge is 2.38. The van der Waals surface area contributed by atoms with Gasteiger partial charge in [0, 0.05) is 48.8 Å². The van der Waals surface area contributed by atoms with Crippen molar-refractivity contribution in [3.8, 4) is 0 Å². The molecule has 2 aliphatic rings. The SMILES string of the molecule is CCC1NCCC(=O)C1(C)C.CC[C@@H]1NCCC(=O)C1(C)C. The quantitative estimate of drug-likeness (QED) is 0.823. The van der Waals surface area contributed by atoms with E-state index in [1.54, 1.807) is 0 Å². The van der Waals surface area contributed by atoms with Crippen LogP contribution >= 0.6 is 0 Å². The molecule has 2 aliphatic heterocycles. The molecule has 22 heavy (non-hydrogen) atoms. The summed E-state index contributed by atoms with van der Waals surface area (Å²) in [6, 6.07) is 0.757. The molecule has 0 aromatic rings. The highest BCUT2D eigenvalue weighted by atomic mass is 16.1. The Kier molecular flexibility index (Phi) is 6.75. The fraction of sp³-hybridized carbons (Fsp3) is 0.889. The van der Waals surface area contributed by atoms with E-state index in [2.05, 4.69) is 24.5 Å². The second-order valence-electron chi connectivity index (χ2n) is 7.62. The first-order valence-electron chi connectivity index (χ1n) is 8.71. The number of Topliss-reactive ketones (excluding diaryl/α,β-unsaturated/α-hetero) is 2. The Balaban J connectivity index is 0.000000220. The Bertz CT molecular complexity index is 364. The van der Waals surface area contributed by atoms with E-state index >= 15 is 0 Å². The van der Waals surface area contributed by atoms with E-state index in [4.69, 9.17) is 0 Å². The van der Waals surface area contributed by atoms with Crippen molar-refractivity contribution in [3.63, 3.8) is 0 Å². The minimum Gasteiger partial charge on any atom is -0.313 e. The lowest BCUT2D eigenvalue weighted by Gasteiger charge is -2.37. The molecule has 0 bridgehead atoms. The summed E-state index contributed by atoms with van der Waals surface area (Å²) in [5.74, 6) is 0.811. The molecule has 0 aromatic carbocycles. The Morgan fingerprint density at radius 2 is 1.14 bits per heavy atom. The van der Waals surface area contributed by atoms with Gasteiger partial charge < -0.3 is 10.6 Å². The lowest BCUT2D eigenvalue weighted by molar-refractivity contribution is -0.131. The zero-order chi connectivity index (χ0) is 17.0. The highest BCUT2D eigenvalue weighted by Crippen LogP contribution is 2.29. The van der Waals surface area contributed by atoms with Crippen LogP contribution in [0.15, 0.2) is 0 Å². The van der Waals surface area contributed by atoms with Crippen molar-refractivity contribution < 1.29 is 9.59 Å². The van der Waals surface area contributed by atoms with Crippen LogP contribution in [0.25, 0.3) is 0 Å². The Morgan fingerprint density at radius 3 is 1.36 bits per heavy atom. The van der Waals surface area contributed by atoms with Crippen LogP contribution in [0.3, 0.4) is 0 Å². The molecule has 1 unspecified atom stereocenters. The van der Waals surface area contributed by atoms with Gasteiger partial charge in [-0.1, -0.05) is 41.5 Å². The number of rotatable bonds is 2. The third kappa shape index (κ3) is 4.17.